The van der Waals surface area contributed by atoms with Crippen molar-refractivity contribution < 1.29 is 4.74 Å². The Morgan fingerprint density at radius 2 is 2.04 bits per heavy atom. The summed E-state index contributed by atoms with van der Waals surface area (Å²) in [6, 6.07) is 10.9. The Hall–Kier alpha value is -2.22. The Balaban J connectivity index is 1.42. The first-order valence-corrected chi connectivity index (χ1v) is 9.89. The summed E-state index contributed by atoms with van der Waals surface area (Å²) >= 11 is 0. The summed E-state index contributed by atoms with van der Waals surface area (Å²) < 4.78 is 5.58. The minimum atomic E-state index is 0.181. The molecular weight excluding hydrogens is 340 g/mol. The lowest BCUT2D eigenvalue weighted by atomic mass is 9.88. The molecule has 7 nitrogen and oxygen atoms in total. The molecule has 27 heavy (non-hydrogen) atoms. The van der Waals surface area contributed by atoms with E-state index in [-0.39, 0.29) is 12.2 Å². The van der Waals surface area contributed by atoms with Crippen LogP contribution in [0.25, 0.3) is 0 Å². The first kappa shape index (κ1) is 16.9. The van der Waals surface area contributed by atoms with Crippen molar-refractivity contribution in [1.29, 1.82) is 0 Å². The van der Waals surface area contributed by atoms with Crippen LogP contribution in [0.2, 0.25) is 0 Å². The number of nitrogens with zero attached hydrogens (tertiary/aromatic N) is 4. The van der Waals surface area contributed by atoms with Crippen molar-refractivity contribution in [2.45, 2.75) is 38.0 Å². The van der Waals surface area contributed by atoms with Crippen molar-refractivity contribution in [3.05, 3.63) is 47.2 Å². The fourth-order valence-corrected chi connectivity index (χ4v) is 4.43. The second kappa shape index (κ2) is 7.42. The molecule has 1 aliphatic carbocycles. The van der Waals surface area contributed by atoms with Crippen molar-refractivity contribution in [2.75, 3.05) is 26.3 Å². The van der Waals surface area contributed by atoms with Gasteiger partial charge in [0.05, 0.1) is 18.9 Å². The molecule has 0 spiro atoms. The summed E-state index contributed by atoms with van der Waals surface area (Å²) in [5.41, 5.74) is 7.21. The zero-order valence-corrected chi connectivity index (χ0v) is 15.5. The molecule has 5 rings (SSSR count). The van der Waals surface area contributed by atoms with E-state index in [0.29, 0.717) is 0 Å². The van der Waals surface area contributed by atoms with Gasteiger partial charge in [-0.05, 0) is 30.4 Å². The minimum Gasteiger partial charge on any atom is -0.379 e. The van der Waals surface area contributed by atoms with Crippen LogP contribution in [0.5, 0.6) is 0 Å². The van der Waals surface area contributed by atoms with Crippen LogP contribution in [0.1, 0.15) is 24.8 Å². The number of rotatable bonds is 4. The molecule has 0 saturated carbocycles. The van der Waals surface area contributed by atoms with Crippen molar-refractivity contribution in [2.24, 2.45) is 9.98 Å². The second-order valence-corrected chi connectivity index (χ2v) is 7.41. The highest BCUT2D eigenvalue weighted by Gasteiger charge is 2.41. The van der Waals surface area contributed by atoms with Crippen LogP contribution in [0.3, 0.4) is 0 Å². The van der Waals surface area contributed by atoms with Gasteiger partial charge in [-0.2, -0.15) is 0 Å². The van der Waals surface area contributed by atoms with Gasteiger partial charge >= 0.3 is 0 Å². The Bertz CT molecular complexity index is 768. The van der Waals surface area contributed by atoms with E-state index in [9.17, 15) is 0 Å². The van der Waals surface area contributed by atoms with E-state index < -0.39 is 0 Å². The Morgan fingerprint density at radius 1 is 1.19 bits per heavy atom. The van der Waals surface area contributed by atoms with Gasteiger partial charge in [-0.25, -0.2) is 15.0 Å². The van der Waals surface area contributed by atoms with Crippen LogP contribution in [-0.4, -0.2) is 60.7 Å². The van der Waals surface area contributed by atoms with Gasteiger partial charge in [0, 0.05) is 25.7 Å². The molecule has 7 heteroatoms. The predicted octanol–water partition coefficient (Wildman–Crippen LogP) is 1.46. The average Bonchev–Trinajstić information content (AvgIpc) is 3.20. The summed E-state index contributed by atoms with van der Waals surface area (Å²) in [6.07, 6.45) is 5.33. The first-order valence-electron chi connectivity index (χ1n) is 9.89. The number of ether oxygens (including phenoxy) is 1. The van der Waals surface area contributed by atoms with Gasteiger partial charge in [0.2, 0.25) is 5.96 Å². The summed E-state index contributed by atoms with van der Waals surface area (Å²) in [6.45, 7) is 4.32. The van der Waals surface area contributed by atoms with Gasteiger partial charge < -0.3 is 10.1 Å². The fraction of sp³-hybridized carbons (Fsp3) is 0.500. The fourth-order valence-electron chi connectivity index (χ4n) is 4.43. The van der Waals surface area contributed by atoms with Crippen LogP contribution in [0.4, 0.5) is 0 Å². The highest BCUT2D eigenvalue weighted by molar-refractivity contribution is 5.93. The van der Waals surface area contributed by atoms with Crippen molar-refractivity contribution in [3.63, 3.8) is 0 Å². The van der Waals surface area contributed by atoms with Crippen LogP contribution in [0, 0.1) is 0 Å². The number of benzene rings is 1. The summed E-state index contributed by atoms with van der Waals surface area (Å²) in [4.78, 5) is 11.9. The first-order chi connectivity index (χ1) is 13.4. The van der Waals surface area contributed by atoms with E-state index in [4.69, 9.17) is 9.73 Å². The van der Waals surface area contributed by atoms with E-state index >= 15 is 0 Å². The van der Waals surface area contributed by atoms with E-state index in [0.717, 1.165) is 51.6 Å². The Kier molecular flexibility index (Phi) is 4.65. The molecule has 1 fully saturated rings. The third kappa shape index (κ3) is 3.26. The highest BCUT2D eigenvalue weighted by Crippen LogP contribution is 2.36. The molecule has 2 atom stereocenters. The standard InChI is InChI=1S/C20H26N6O/c1-2-5-15(6-3-1)13-21-17-8-4-7-16-18(17)24-20-22-14-23-26(20)19(16)25-9-11-27-12-10-25/h1-3,5-6,14,17,19,21H,4,7-13H2,(H,22,23,24). The smallest absolute Gasteiger partial charge is 0.248 e. The van der Waals surface area contributed by atoms with Gasteiger partial charge in [-0.3, -0.25) is 10.3 Å². The quantitative estimate of drug-likeness (QED) is 0.845. The topological polar surface area (TPSA) is 64.5 Å². The summed E-state index contributed by atoms with van der Waals surface area (Å²) in [7, 11) is 0. The summed E-state index contributed by atoms with van der Waals surface area (Å²) in [5, 5.41) is 5.86. The van der Waals surface area contributed by atoms with Crippen LogP contribution in [-0.2, 0) is 11.3 Å². The molecule has 0 radical (unpaired) electrons. The molecule has 0 bridgehead atoms. The van der Waals surface area contributed by atoms with Crippen molar-refractivity contribution >= 4 is 12.3 Å². The zero-order chi connectivity index (χ0) is 18.1. The summed E-state index contributed by atoms with van der Waals surface area (Å²) in [5.74, 6) is 0.777. The highest BCUT2D eigenvalue weighted by atomic mass is 16.5. The average molecular weight is 366 g/mol. The molecule has 4 aliphatic rings. The number of fused-ring (bicyclic) bond motifs is 1. The van der Waals surface area contributed by atoms with Crippen molar-refractivity contribution in [3.8, 4) is 0 Å². The number of morpholine rings is 1. The molecule has 1 aromatic rings. The van der Waals surface area contributed by atoms with Gasteiger partial charge in [-0.1, -0.05) is 30.3 Å². The van der Waals surface area contributed by atoms with Gasteiger partial charge in [0.1, 0.15) is 12.5 Å². The molecule has 3 heterocycles. The second-order valence-electron chi connectivity index (χ2n) is 7.41. The van der Waals surface area contributed by atoms with Gasteiger partial charge in [-0.15, -0.1) is 0 Å². The number of aliphatic imine (C=N–C) groups is 2. The number of hydrogen-bond acceptors (Lipinski definition) is 7. The largest absolute Gasteiger partial charge is 0.379 e. The maximum Gasteiger partial charge on any atom is 0.248 e. The zero-order valence-electron chi connectivity index (χ0n) is 15.5. The SMILES string of the molecule is C1=NC2=NC3=C(CCCC3NCc3ccccc3)C(N3CCOCC3)N2N1. The lowest BCUT2D eigenvalue weighted by molar-refractivity contribution is -0.00997. The molecule has 1 saturated heterocycles. The number of guanidine groups is 1. The Labute approximate surface area is 159 Å². The molecule has 3 aliphatic heterocycles. The lowest BCUT2D eigenvalue weighted by Crippen LogP contribution is -2.59. The van der Waals surface area contributed by atoms with Crippen LogP contribution >= 0.6 is 0 Å². The minimum absolute atomic E-state index is 0.181. The molecule has 142 valence electrons. The molecule has 0 aromatic heterocycles. The van der Waals surface area contributed by atoms with Gasteiger partial charge in [0.25, 0.3) is 0 Å². The van der Waals surface area contributed by atoms with E-state index in [1.165, 1.54) is 23.3 Å². The third-order valence-corrected chi connectivity index (χ3v) is 5.75. The van der Waals surface area contributed by atoms with Crippen LogP contribution < -0.4 is 10.7 Å². The predicted molar refractivity (Wildman–Crippen MR) is 105 cm³/mol. The molecular formula is C20H26N6O. The van der Waals surface area contributed by atoms with E-state index in [1.807, 2.05) is 0 Å². The molecule has 0 amide bonds. The number of nitrogens with one attached hydrogen (secondary N) is 2. The Morgan fingerprint density at radius 3 is 2.89 bits per heavy atom. The third-order valence-electron chi connectivity index (χ3n) is 5.75. The van der Waals surface area contributed by atoms with E-state index in [1.54, 1.807) is 6.34 Å². The number of hydrogen-bond donors (Lipinski definition) is 2. The molecule has 1 aromatic carbocycles. The van der Waals surface area contributed by atoms with Crippen LogP contribution in [0.15, 0.2) is 51.6 Å². The normalized spacial score (nSPS) is 27.9. The van der Waals surface area contributed by atoms with Crippen molar-refractivity contribution in [1.82, 2.24) is 20.7 Å². The van der Waals surface area contributed by atoms with E-state index in [2.05, 4.69) is 56.0 Å². The maximum atomic E-state index is 5.58. The number of hydrazine groups is 1. The molecule has 2 unspecified atom stereocenters. The molecule has 2 N–H and O–H groups in total. The van der Waals surface area contributed by atoms with Gasteiger partial charge in [0.15, 0.2) is 0 Å². The monoisotopic (exact) mass is 366 g/mol. The lowest BCUT2D eigenvalue weighted by Gasteiger charge is -2.45. The maximum absolute atomic E-state index is 5.58.